The molecule has 0 saturated heterocycles. The topological polar surface area (TPSA) is 47.9 Å². The number of hydrogen-bond acceptors (Lipinski definition) is 2. The molecule has 3 heteroatoms. The third-order valence-electron chi connectivity index (χ3n) is 2.55. The number of hydrogen-bond donors (Lipinski definition) is 1. The van der Waals surface area contributed by atoms with Crippen LogP contribution in [0.2, 0.25) is 0 Å². The minimum atomic E-state index is 0.567. The van der Waals surface area contributed by atoms with Gasteiger partial charge in [0.15, 0.2) is 0 Å². The third-order valence-corrected chi connectivity index (χ3v) is 2.55. The van der Waals surface area contributed by atoms with Crippen LogP contribution in [0.15, 0.2) is 6.20 Å². The second kappa shape index (κ2) is 4.10. The van der Waals surface area contributed by atoms with Crippen molar-refractivity contribution in [2.24, 2.45) is 0 Å². The Morgan fingerprint density at radius 2 is 1.93 bits per heavy atom. The summed E-state index contributed by atoms with van der Waals surface area (Å²) in [5.41, 5.74) is 3.52. The summed E-state index contributed by atoms with van der Waals surface area (Å²) in [5, 5.41) is 18.4. The summed E-state index contributed by atoms with van der Waals surface area (Å²) in [4.78, 5) is 0. The molecule has 1 aromatic rings. The van der Waals surface area contributed by atoms with Crippen LogP contribution in [0.5, 0.6) is 0 Å². The molecule has 0 unspecified atom stereocenters. The van der Waals surface area contributed by atoms with Crippen molar-refractivity contribution >= 4 is 0 Å². The molecule has 0 aromatic carbocycles. The fourth-order valence-corrected chi connectivity index (χ4v) is 1.79. The summed E-state index contributed by atoms with van der Waals surface area (Å²) in [5.74, 6) is 0. The standard InChI is InChI=1S/C11H15N2O/c1-4-10-8(3)13(14)7-9(6-12)11(10)5-2/h7,14H,4-5H2,1-3H3/q+1. The van der Waals surface area contributed by atoms with Crippen LogP contribution >= 0.6 is 0 Å². The summed E-state index contributed by atoms with van der Waals surface area (Å²) < 4.78 is 1.04. The Hall–Kier alpha value is -1.56. The first kappa shape index (κ1) is 10.5. The van der Waals surface area contributed by atoms with Crippen molar-refractivity contribution in [2.45, 2.75) is 33.6 Å². The molecule has 1 rings (SSSR count). The largest absolute Gasteiger partial charge is 0.285 e. The Bertz CT molecular complexity index is 391. The lowest BCUT2D eigenvalue weighted by Crippen LogP contribution is -2.36. The summed E-state index contributed by atoms with van der Waals surface area (Å²) in [6, 6.07) is 2.11. The van der Waals surface area contributed by atoms with E-state index in [1.165, 1.54) is 6.20 Å². The Labute approximate surface area is 84.2 Å². The molecule has 0 radical (unpaired) electrons. The molecule has 0 bridgehead atoms. The SMILES string of the molecule is CCc1c(C#N)c[n+](O)c(C)c1CC. The molecule has 14 heavy (non-hydrogen) atoms. The quantitative estimate of drug-likeness (QED) is 0.569. The van der Waals surface area contributed by atoms with Crippen LogP contribution in [0, 0.1) is 18.3 Å². The van der Waals surface area contributed by atoms with Crippen molar-refractivity contribution in [1.82, 2.24) is 0 Å². The molecule has 1 aromatic heterocycles. The number of nitriles is 1. The van der Waals surface area contributed by atoms with Crippen LogP contribution in [0.1, 0.15) is 36.2 Å². The van der Waals surface area contributed by atoms with Crippen molar-refractivity contribution in [3.8, 4) is 6.07 Å². The first-order valence-corrected chi connectivity index (χ1v) is 4.82. The van der Waals surface area contributed by atoms with Crippen LogP contribution < -0.4 is 4.73 Å². The fraction of sp³-hybridized carbons (Fsp3) is 0.455. The monoisotopic (exact) mass is 191 g/mol. The zero-order chi connectivity index (χ0) is 10.7. The maximum absolute atomic E-state index is 9.53. The lowest BCUT2D eigenvalue weighted by atomic mass is 9.98. The van der Waals surface area contributed by atoms with Gasteiger partial charge >= 0.3 is 0 Å². The molecule has 1 N–H and O–H groups in total. The van der Waals surface area contributed by atoms with Gasteiger partial charge in [-0.15, -0.1) is 0 Å². The molecule has 0 aliphatic heterocycles. The van der Waals surface area contributed by atoms with Gasteiger partial charge in [-0.2, -0.15) is 5.26 Å². The molecule has 0 spiro atoms. The Morgan fingerprint density at radius 3 is 2.36 bits per heavy atom. The van der Waals surface area contributed by atoms with Gasteiger partial charge in [0.1, 0.15) is 11.6 Å². The van der Waals surface area contributed by atoms with Gasteiger partial charge in [-0.1, -0.05) is 13.8 Å². The molecule has 0 aliphatic carbocycles. The number of aromatic nitrogens is 1. The van der Waals surface area contributed by atoms with Crippen LogP contribution in [0.25, 0.3) is 0 Å². The Kier molecular flexibility index (Phi) is 3.08. The predicted octanol–water partition coefficient (Wildman–Crippen LogP) is 1.52. The van der Waals surface area contributed by atoms with Gasteiger partial charge in [0.05, 0.1) is 0 Å². The van der Waals surface area contributed by atoms with Gasteiger partial charge in [0, 0.05) is 17.2 Å². The molecule has 3 nitrogen and oxygen atoms in total. The van der Waals surface area contributed by atoms with E-state index in [4.69, 9.17) is 5.26 Å². The second-order valence-corrected chi connectivity index (χ2v) is 3.25. The fourth-order valence-electron chi connectivity index (χ4n) is 1.79. The van der Waals surface area contributed by atoms with Gasteiger partial charge in [0.2, 0.25) is 11.9 Å². The van der Waals surface area contributed by atoms with Crippen LogP contribution in [0.3, 0.4) is 0 Å². The molecule has 74 valence electrons. The van der Waals surface area contributed by atoms with Crippen LogP contribution in [-0.4, -0.2) is 5.21 Å². The molecule has 0 atom stereocenters. The van der Waals surface area contributed by atoms with Crippen molar-refractivity contribution in [2.75, 3.05) is 0 Å². The van der Waals surface area contributed by atoms with E-state index in [1.807, 2.05) is 20.8 Å². The van der Waals surface area contributed by atoms with E-state index in [9.17, 15) is 5.21 Å². The number of nitrogens with zero attached hydrogens (tertiary/aromatic N) is 2. The number of pyridine rings is 1. The lowest BCUT2D eigenvalue weighted by Gasteiger charge is -2.06. The highest BCUT2D eigenvalue weighted by Crippen LogP contribution is 2.16. The van der Waals surface area contributed by atoms with Crippen LogP contribution in [-0.2, 0) is 12.8 Å². The maximum atomic E-state index is 9.53. The summed E-state index contributed by atoms with van der Waals surface area (Å²) in [6.07, 6.45) is 3.14. The minimum absolute atomic E-state index is 0.567. The second-order valence-electron chi connectivity index (χ2n) is 3.25. The first-order valence-electron chi connectivity index (χ1n) is 4.82. The normalized spacial score (nSPS) is 9.86. The summed E-state index contributed by atoms with van der Waals surface area (Å²) in [6.45, 7) is 5.91. The van der Waals surface area contributed by atoms with E-state index >= 15 is 0 Å². The average Bonchev–Trinajstić information content (AvgIpc) is 2.20. The zero-order valence-electron chi connectivity index (χ0n) is 8.83. The van der Waals surface area contributed by atoms with E-state index < -0.39 is 0 Å². The number of rotatable bonds is 2. The van der Waals surface area contributed by atoms with E-state index in [2.05, 4.69) is 6.07 Å². The van der Waals surface area contributed by atoms with E-state index in [0.29, 0.717) is 5.56 Å². The maximum Gasteiger partial charge on any atom is 0.240 e. The smallest absolute Gasteiger partial charge is 0.240 e. The minimum Gasteiger partial charge on any atom is -0.285 e. The average molecular weight is 191 g/mol. The summed E-state index contributed by atoms with van der Waals surface area (Å²) in [7, 11) is 0. The van der Waals surface area contributed by atoms with Crippen LogP contribution in [0.4, 0.5) is 0 Å². The van der Waals surface area contributed by atoms with Gasteiger partial charge < -0.3 is 0 Å². The third kappa shape index (κ3) is 1.56. The molecule has 0 saturated carbocycles. The predicted molar refractivity (Wildman–Crippen MR) is 52.0 cm³/mol. The Morgan fingerprint density at radius 1 is 1.36 bits per heavy atom. The van der Waals surface area contributed by atoms with Gasteiger partial charge in [0.25, 0.3) is 0 Å². The molecule has 0 fully saturated rings. The van der Waals surface area contributed by atoms with Crippen molar-refractivity contribution in [1.29, 1.82) is 5.26 Å². The highest BCUT2D eigenvalue weighted by atomic mass is 16.5. The highest BCUT2D eigenvalue weighted by molar-refractivity contribution is 5.40. The van der Waals surface area contributed by atoms with Gasteiger partial charge in [-0.3, -0.25) is 5.21 Å². The molecule has 0 aliphatic rings. The zero-order valence-corrected chi connectivity index (χ0v) is 8.83. The summed E-state index contributed by atoms with van der Waals surface area (Å²) >= 11 is 0. The molecule has 0 amide bonds. The first-order chi connectivity index (χ1) is 6.65. The van der Waals surface area contributed by atoms with E-state index in [1.54, 1.807) is 0 Å². The van der Waals surface area contributed by atoms with Crippen molar-refractivity contribution < 1.29 is 9.94 Å². The van der Waals surface area contributed by atoms with E-state index in [0.717, 1.165) is 34.4 Å². The van der Waals surface area contributed by atoms with Gasteiger partial charge in [-0.25, -0.2) is 0 Å². The Balaban J connectivity index is 3.52. The molecule has 1 heterocycles. The van der Waals surface area contributed by atoms with Crippen molar-refractivity contribution in [3.63, 3.8) is 0 Å². The molecular weight excluding hydrogens is 176 g/mol. The highest BCUT2D eigenvalue weighted by Gasteiger charge is 2.18. The van der Waals surface area contributed by atoms with Crippen molar-refractivity contribution in [3.05, 3.63) is 28.6 Å². The van der Waals surface area contributed by atoms with Gasteiger partial charge in [-0.05, 0) is 18.4 Å². The van der Waals surface area contributed by atoms with E-state index in [-0.39, 0.29) is 0 Å². The lowest BCUT2D eigenvalue weighted by molar-refractivity contribution is -0.909. The molecular formula is C11H15N2O+.